The van der Waals surface area contributed by atoms with Crippen molar-refractivity contribution in [3.8, 4) is 0 Å². The number of halogens is 1. The Labute approximate surface area is 122 Å². The first-order valence-corrected chi connectivity index (χ1v) is 6.62. The van der Waals surface area contributed by atoms with Crippen LogP contribution in [0.5, 0.6) is 0 Å². The zero-order valence-electron chi connectivity index (χ0n) is 10.8. The van der Waals surface area contributed by atoms with Crippen LogP contribution in [0, 0.1) is 0 Å². The standard InChI is InChI=1S/C16H14ClNO2/c17-14-8-6-13(7-9-14)15(19)10-16(20)18-11-12-4-2-1-3-5-12/h1-9H,10-11H2,(H,18,20). The molecule has 1 amide bonds. The van der Waals surface area contributed by atoms with Crippen LogP contribution in [0.15, 0.2) is 54.6 Å². The number of Topliss-reactive ketones (excluding diaryl/α,β-unsaturated/α-hetero) is 1. The molecule has 2 rings (SSSR count). The van der Waals surface area contributed by atoms with Crippen molar-refractivity contribution in [1.29, 1.82) is 0 Å². The lowest BCUT2D eigenvalue weighted by molar-refractivity contribution is -0.120. The molecule has 0 heterocycles. The fourth-order valence-electron chi connectivity index (χ4n) is 1.74. The maximum absolute atomic E-state index is 11.9. The molecule has 0 spiro atoms. The highest BCUT2D eigenvalue weighted by Crippen LogP contribution is 2.11. The molecule has 2 aromatic rings. The van der Waals surface area contributed by atoms with Crippen molar-refractivity contribution in [2.45, 2.75) is 13.0 Å². The summed E-state index contributed by atoms with van der Waals surface area (Å²) in [7, 11) is 0. The SMILES string of the molecule is O=C(CC(=O)c1ccc(Cl)cc1)NCc1ccccc1. The Bertz CT molecular complexity index is 594. The van der Waals surface area contributed by atoms with Crippen LogP contribution in [0.1, 0.15) is 22.3 Å². The molecule has 4 heteroatoms. The minimum absolute atomic E-state index is 0.158. The van der Waals surface area contributed by atoms with Gasteiger partial charge in [-0.25, -0.2) is 0 Å². The molecule has 0 radical (unpaired) electrons. The fraction of sp³-hybridized carbons (Fsp3) is 0.125. The zero-order chi connectivity index (χ0) is 14.4. The number of carbonyl (C=O) groups excluding carboxylic acids is 2. The molecule has 1 N–H and O–H groups in total. The first-order valence-electron chi connectivity index (χ1n) is 6.24. The number of amides is 1. The molecule has 0 fully saturated rings. The molecule has 0 bridgehead atoms. The van der Waals surface area contributed by atoms with Gasteiger partial charge in [0.1, 0.15) is 0 Å². The maximum Gasteiger partial charge on any atom is 0.228 e. The molecule has 20 heavy (non-hydrogen) atoms. The number of hydrogen-bond acceptors (Lipinski definition) is 2. The molecular weight excluding hydrogens is 274 g/mol. The van der Waals surface area contributed by atoms with E-state index in [2.05, 4.69) is 5.32 Å². The molecule has 2 aromatic carbocycles. The fourth-order valence-corrected chi connectivity index (χ4v) is 1.87. The monoisotopic (exact) mass is 287 g/mol. The van der Waals surface area contributed by atoms with Crippen LogP contribution in [-0.2, 0) is 11.3 Å². The minimum Gasteiger partial charge on any atom is -0.352 e. The molecule has 0 atom stereocenters. The predicted molar refractivity (Wildman–Crippen MR) is 78.7 cm³/mol. The Hall–Kier alpha value is -2.13. The van der Waals surface area contributed by atoms with Crippen molar-refractivity contribution in [3.63, 3.8) is 0 Å². The van der Waals surface area contributed by atoms with Gasteiger partial charge in [-0.2, -0.15) is 0 Å². The number of benzene rings is 2. The van der Waals surface area contributed by atoms with Gasteiger partial charge in [-0.05, 0) is 29.8 Å². The number of nitrogens with one attached hydrogen (secondary N) is 1. The van der Waals surface area contributed by atoms with Crippen LogP contribution in [-0.4, -0.2) is 11.7 Å². The summed E-state index contributed by atoms with van der Waals surface area (Å²) in [6.45, 7) is 0.424. The van der Waals surface area contributed by atoms with Gasteiger partial charge in [0, 0.05) is 17.1 Å². The van der Waals surface area contributed by atoms with E-state index in [1.54, 1.807) is 24.3 Å². The van der Waals surface area contributed by atoms with E-state index in [-0.39, 0.29) is 18.1 Å². The average Bonchev–Trinajstić information content (AvgIpc) is 2.47. The largest absolute Gasteiger partial charge is 0.352 e. The Balaban J connectivity index is 1.85. The van der Waals surface area contributed by atoms with Crippen LogP contribution in [0.3, 0.4) is 0 Å². The van der Waals surface area contributed by atoms with Crippen LogP contribution in [0.2, 0.25) is 5.02 Å². The molecular formula is C16H14ClNO2. The van der Waals surface area contributed by atoms with E-state index in [4.69, 9.17) is 11.6 Å². The smallest absolute Gasteiger partial charge is 0.228 e. The summed E-state index contributed by atoms with van der Waals surface area (Å²) in [6, 6.07) is 16.1. The normalized spacial score (nSPS) is 10.1. The van der Waals surface area contributed by atoms with Crippen LogP contribution >= 0.6 is 11.6 Å². The predicted octanol–water partition coefficient (Wildman–Crippen LogP) is 3.23. The quantitative estimate of drug-likeness (QED) is 0.678. The minimum atomic E-state index is -0.284. The lowest BCUT2D eigenvalue weighted by Gasteiger charge is -2.05. The van der Waals surface area contributed by atoms with E-state index in [9.17, 15) is 9.59 Å². The molecule has 0 saturated heterocycles. The van der Waals surface area contributed by atoms with Gasteiger partial charge in [-0.15, -0.1) is 0 Å². The second kappa shape index (κ2) is 6.87. The van der Waals surface area contributed by atoms with E-state index < -0.39 is 0 Å². The third-order valence-corrected chi connectivity index (χ3v) is 3.07. The van der Waals surface area contributed by atoms with Crippen molar-refractivity contribution >= 4 is 23.3 Å². The summed E-state index contributed by atoms with van der Waals surface area (Å²) in [5, 5.41) is 3.29. The summed E-state index contributed by atoms with van der Waals surface area (Å²) >= 11 is 5.75. The van der Waals surface area contributed by atoms with Crippen LogP contribution < -0.4 is 5.32 Å². The van der Waals surface area contributed by atoms with E-state index >= 15 is 0 Å². The Morgan fingerprint density at radius 3 is 2.25 bits per heavy atom. The van der Waals surface area contributed by atoms with Crippen LogP contribution in [0.4, 0.5) is 0 Å². The van der Waals surface area contributed by atoms with Crippen molar-refractivity contribution in [2.75, 3.05) is 0 Å². The highest BCUT2D eigenvalue weighted by atomic mass is 35.5. The van der Waals surface area contributed by atoms with E-state index in [0.29, 0.717) is 17.1 Å². The Kier molecular flexibility index (Phi) is 4.91. The molecule has 0 aromatic heterocycles. The highest BCUT2D eigenvalue weighted by Gasteiger charge is 2.11. The molecule has 102 valence electrons. The lowest BCUT2D eigenvalue weighted by Crippen LogP contribution is -2.25. The van der Waals surface area contributed by atoms with Crippen molar-refractivity contribution in [1.82, 2.24) is 5.32 Å². The summed E-state index contributed by atoms with van der Waals surface area (Å²) in [6.07, 6.45) is -0.158. The van der Waals surface area contributed by atoms with Gasteiger partial charge in [-0.3, -0.25) is 9.59 Å². The molecule has 0 aliphatic carbocycles. The van der Waals surface area contributed by atoms with Gasteiger partial charge in [0.25, 0.3) is 0 Å². The third kappa shape index (κ3) is 4.21. The van der Waals surface area contributed by atoms with Crippen molar-refractivity contribution in [3.05, 3.63) is 70.7 Å². The molecule has 0 aliphatic rings. The maximum atomic E-state index is 11.9. The van der Waals surface area contributed by atoms with Gasteiger partial charge in [0.2, 0.25) is 5.91 Å². The number of rotatable bonds is 5. The van der Waals surface area contributed by atoms with E-state index in [0.717, 1.165) is 5.56 Å². The Morgan fingerprint density at radius 1 is 0.950 bits per heavy atom. The van der Waals surface area contributed by atoms with E-state index in [1.165, 1.54) is 0 Å². The third-order valence-electron chi connectivity index (χ3n) is 2.82. The van der Waals surface area contributed by atoms with Gasteiger partial charge in [0.15, 0.2) is 5.78 Å². The van der Waals surface area contributed by atoms with Gasteiger partial charge < -0.3 is 5.32 Å². The zero-order valence-corrected chi connectivity index (χ0v) is 11.6. The molecule has 3 nitrogen and oxygen atoms in total. The Morgan fingerprint density at radius 2 is 1.60 bits per heavy atom. The molecule has 0 saturated carbocycles. The first-order chi connectivity index (χ1) is 9.65. The summed E-state index contributed by atoms with van der Waals surface area (Å²) in [5.74, 6) is -0.499. The average molecular weight is 288 g/mol. The van der Waals surface area contributed by atoms with Crippen molar-refractivity contribution < 1.29 is 9.59 Å². The topological polar surface area (TPSA) is 46.2 Å². The summed E-state index contributed by atoms with van der Waals surface area (Å²) in [5.41, 5.74) is 1.49. The second-order valence-electron chi connectivity index (χ2n) is 4.37. The number of hydrogen-bond donors (Lipinski definition) is 1. The highest BCUT2D eigenvalue weighted by molar-refractivity contribution is 6.30. The molecule has 0 aliphatic heterocycles. The number of ketones is 1. The summed E-state index contributed by atoms with van der Waals surface area (Å²) < 4.78 is 0. The number of carbonyl (C=O) groups is 2. The lowest BCUT2D eigenvalue weighted by atomic mass is 10.1. The van der Waals surface area contributed by atoms with Gasteiger partial charge in [-0.1, -0.05) is 41.9 Å². The van der Waals surface area contributed by atoms with Gasteiger partial charge in [0.05, 0.1) is 6.42 Å². The summed E-state index contributed by atoms with van der Waals surface area (Å²) in [4.78, 5) is 23.6. The molecule has 0 unspecified atom stereocenters. The van der Waals surface area contributed by atoms with Gasteiger partial charge >= 0.3 is 0 Å². The first kappa shape index (κ1) is 14.3. The van der Waals surface area contributed by atoms with E-state index in [1.807, 2.05) is 30.3 Å². The second-order valence-corrected chi connectivity index (χ2v) is 4.81. The van der Waals surface area contributed by atoms with Crippen LogP contribution in [0.25, 0.3) is 0 Å². The van der Waals surface area contributed by atoms with Crippen molar-refractivity contribution in [2.24, 2.45) is 0 Å².